The number of thioether (sulfide) groups is 1. The number of unbranched alkanes of at least 4 members (excludes halogenated alkanes) is 3. The Hall–Kier alpha value is -2.88. The monoisotopic (exact) mass is 519 g/mol. The SMILES string of the molecule is C=CCOc1cc([C@@H](CCC)NC(=O)[C@]2(C)CSC(/C(C)=N/OC(=O)CCCCCC)=N2)oc(=O)c1. The van der Waals surface area contributed by atoms with Gasteiger partial charge in [-0.05, 0) is 26.7 Å². The first-order valence-electron chi connectivity index (χ1n) is 12.4. The van der Waals surface area contributed by atoms with Crippen LogP contribution in [0.2, 0.25) is 0 Å². The van der Waals surface area contributed by atoms with Gasteiger partial charge < -0.3 is 19.3 Å². The Morgan fingerprint density at radius 1 is 1.31 bits per heavy atom. The van der Waals surface area contributed by atoms with Crippen LogP contribution in [-0.4, -0.2) is 40.5 Å². The van der Waals surface area contributed by atoms with E-state index in [2.05, 4.69) is 29.0 Å². The minimum atomic E-state index is -1.05. The largest absolute Gasteiger partial charge is 0.489 e. The van der Waals surface area contributed by atoms with E-state index in [0.717, 1.165) is 32.1 Å². The maximum atomic E-state index is 13.3. The zero-order valence-corrected chi connectivity index (χ0v) is 22.4. The second kappa shape index (κ2) is 14.6. The summed E-state index contributed by atoms with van der Waals surface area (Å²) < 4.78 is 10.9. The second-order valence-electron chi connectivity index (χ2n) is 8.86. The van der Waals surface area contributed by atoms with E-state index in [-0.39, 0.29) is 18.5 Å². The van der Waals surface area contributed by atoms with Crippen molar-refractivity contribution in [1.29, 1.82) is 0 Å². The van der Waals surface area contributed by atoms with Gasteiger partial charge in [-0.2, -0.15) is 0 Å². The highest BCUT2D eigenvalue weighted by atomic mass is 32.2. The normalized spacial score (nSPS) is 18.3. The van der Waals surface area contributed by atoms with Gasteiger partial charge in [-0.25, -0.2) is 9.59 Å². The van der Waals surface area contributed by atoms with Gasteiger partial charge in [-0.3, -0.25) is 9.79 Å². The fourth-order valence-corrected chi connectivity index (χ4v) is 4.60. The molecule has 0 fully saturated rings. The highest BCUT2D eigenvalue weighted by molar-refractivity contribution is 8.16. The summed E-state index contributed by atoms with van der Waals surface area (Å²) in [5.74, 6) is 0.393. The zero-order valence-electron chi connectivity index (χ0n) is 21.6. The van der Waals surface area contributed by atoms with Gasteiger partial charge in [0.05, 0.1) is 12.1 Å². The minimum absolute atomic E-state index is 0.246. The van der Waals surface area contributed by atoms with Crippen LogP contribution in [0.4, 0.5) is 0 Å². The van der Waals surface area contributed by atoms with Crippen molar-refractivity contribution in [3.05, 3.63) is 41.0 Å². The van der Waals surface area contributed by atoms with E-state index >= 15 is 0 Å². The van der Waals surface area contributed by atoms with Crippen molar-refractivity contribution < 1.29 is 23.6 Å². The van der Waals surface area contributed by atoms with Gasteiger partial charge in [-0.1, -0.05) is 57.3 Å². The molecule has 1 amide bonds. The third kappa shape index (κ3) is 8.96. The van der Waals surface area contributed by atoms with Gasteiger partial charge in [0.2, 0.25) is 5.91 Å². The summed E-state index contributed by atoms with van der Waals surface area (Å²) in [6.07, 6.45) is 7.16. The van der Waals surface area contributed by atoms with Crippen molar-refractivity contribution in [3.8, 4) is 5.75 Å². The van der Waals surface area contributed by atoms with E-state index in [1.165, 1.54) is 17.8 Å². The first-order chi connectivity index (χ1) is 17.2. The average molecular weight is 520 g/mol. The fraction of sp³-hybridized carbons (Fsp3) is 0.577. The number of amides is 1. The molecule has 0 saturated heterocycles. The smallest absolute Gasteiger partial charge is 0.339 e. The first-order valence-corrected chi connectivity index (χ1v) is 13.4. The Morgan fingerprint density at radius 3 is 2.78 bits per heavy atom. The van der Waals surface area contributed by atoms with E-state index < -0.39 is 17.2 Å². The van der Waals surface area contributed by atoms with Crippen molar-refractivity contribution in [2.45, 2.75) is 84.2 Å². The average Bonchev–Trinajstić information content (AvgIpc) is 3.26. The summed E-state index contributed by atoms with van der Waals surface area (Å²) in [7, 11) is 0. The van der Waals surface area contributed by atoms with Crippen LogP contribution in [0.5, 0.6) is 5.75 Å². The molecule has 0 radical (unpaired) electrons. The molecule has 10 heteroatoms. The third-order valence-corrected chi connectivity index (χ3v) is 6.88. The quantitative estimate of drug-likeness (QED) is 0.114. The van der Waals surface area contributed by atoms with Crippen molar-refractivity contribution in [1.82, 2.24) is 5.32 Å². The molecule has 1 aliphatic heterocycles. The lowest BCUT2D eigenvalue weighted by molar-refractivity contribution is -0.143. The molecule has 9 nitrogen and oxygen atoms in total. The lowest BCUT2D eigenvalue weighted by Crippen LogP contribution is -2.45. The molecule has 1 aromatic rings. The van der Waals surface area contributed by atoms with Gasteiger partial charge in [0.15, 0.2) is 0 Å². The predicted octanol–water partition coefficient (Wildman–Crippen LogP) is 4.96. The van der Waals surface area contributed by atoms with Crippen LogP contribution in [0.3, 0.4) is 0 Å². The molecule has 0 aromatic carbocycles. The number of hydrogen-bond donors (Lipinski definition) is 1. The fourth-order valence-electron chi connectivity index (χ4n) is 3.47. The summed E-state index contributed by atoms with van der Waals surface area (Å²) in [5.41, 5.74) is -1.16. The highest BCUT2D eigenvalue weighted by Gasteiger charge is 2.40. The van der Waals surface area contributed by atoms with Crippen LogP contribution in [0.15, 0.2) is 44.1 Å². The Balaban J connectivity index is 2.08. The molecule has 0 spiro atoms. The Morgan fingerprint density at radius 2 is 2.08 bits per heavy atom. The molecular formula is C26H37N3O6S. The van der Waals surface area contributed by atoms with Crippen LogP contribution >= 0.6 is 11.8 Å². The Labute approximate surface area is 216 Å². The lowest BCUT2D eigenvalue weighted by Gasteiger charge is -2.24. The third-order valence-electron chi connectivity index (χ3n) is 5.51. The molecule has 2 rings (SSSR count). The van der Waals surface area contributed by atoms with Crippen molar-refractivity contribution in [2.75, 3.05) is 12.4 Å². The Bertz CT molecular complexity index is 1030. The summed E-state index contributed by atoms with van der Waals surface area (Å²) in [6.45, 7) is 11.4. The van der Waals surface area contributed by atoms with Gasteiger partial charge in [0, 0.05) is 18.2 Å². The van der Waals surface area contributed by atoms with E-state index in [1.54, 1.807) is 26.0 Å². The van der Waals surface area contributed by atoms with Crippen LogP contribution in [0, 0.1) is 0 Å². The molecule has 1 aromatic heterocycles. The van der Waals surface area contributed by atoms with E-state index in [9.17, 15) is 14.4 Å². The number of nitrogens with one attached hydrogen (secondary N) is 1. The Kier molecular flexibility index (Phi) is 11.9. The summed E-state index contributed by atoms with van der Waals surface area (Å²) >= 11 is 1.38. The molecular weight excluding hydrogens is 482 g/mol. The van der Waals surface area contributed by atoms with Crippen LogP contribution in [0.1, 0.15) is 84.4 Å². The van der Waals surface area contributed by atoms with Crippen LogP contribution in [0.25, 0.3) is 0 Å². The molecule has 2 heterocycles. The second-order valence-corrected chi connectivity index (χ2v) is 9.82. The summed E-state index contributed by atoms with van der Waals surface area (Å²) in [4.78, 5) is 46.8. The molecule has 2 atom stereocenters. The maximum Gasteiger partial charge on any atom is 0.339 e. The van der Waals surface area contributed by atoms with E-state index in [0.29, 0.717) is 40.9 Å². The minimum Gasteiger partial charge on any atom is -0.489 e. The molecule has 36 heavy (non-hydrogen) atoms. The van der Waals surface area contributed by atoms with Crippen molar-refractivity contribution in [3.63, 3.8) is 0 Å². The molecule has 198 valence electrons. The first kappa shape index (κ1) is 29.4. The van der Waals surface area contributed by atoms with Crippen molar-refractivity contribution in [2.24, 2.45) is 10.1 Å². The topological polar surface area (TPSA) is 120 Å². The highest BCUT2D eigenvalue weighted by Crippen LogP contribution is 2.30. The van der Waals surface area contributed by atoms with Gasteiger partial charge in [-0.15, -0.1) is 11.8 Å². The van der Waals surface area contributed by atoms with E-state index in [1.807, 2.05) is 6.92 Å². The molecule has 0 unspecified atom stereocenters. The summed E-state index contributed by atoms with van der Waals surface area (Å²) in [6, 6.07) is 2.34. The van der Waals surface area contributed by atoms with Gasteiger partial charge in [0.25, 0.3) is 0 Å². The number of carbonyl (C=O) groups is 2. The lowest BCUT2D eigenvalue weighted by atomic mass is 10.0. The van der Waals surface area contributed by atoms with Crippen LogP contribution in [-0.2, 0) is 14.4 Å². The molecule has 0 bridgehead atoms. The molecule has 1 N–H and O–H groups in total. The van der Waals surface area contributed by atoms with Gasteiger partial charge >= 0.3 is 11.6 Å². The van der Waals surface area contributed by atoms with Crippen LogP contribution < -0.4 is 15.7 Å². The zero-order chi connectivity index (χ0) is 26.6. The number of rotatable bonds is 15. The number of hydrogen-bond acceptors (Lipinski definition) is 9. The number of oxime groups is 1. The molecule has 1 aliphatic rings. The predicted molar refractivity (Wildman–Crippen MR) is 143 cm³/mol. The molecule has 0 aliphatic carbocycles. The standard InChI is InChI=1S/C26H37N3O6S/c1-6-9-10-11-13-22(30)35-29-18(4)24-28-26(5,17-36-24)25(32)27-20(12-7-2)21-15-19(33-14-8-3)16-23(31)34-21/h8,15-16,20H,3,6-7,9-14,17H2,1-2,4-5H3,(H,27,32)/b29-18+/t20-,26+/m1/s1. The van der Waals surface area contributed by atoms with Crippen molar-refractivity contribution >= 4 is 34.4 Å². The summed E-state index contributed by atoms with van der Waals surface area (Å²) in [5, 5.41) is 7.45. The molecule has 0 saturated carbocycles. The number of aliphatic imine (C=N–C) groups is 1. The van der Waals surface area contributed by atoms with Gasteiger partial charge in [0.1, 0.15) is 34.4 Å². The number of nitrogens with zero attached hydrogens (tertiary/aromatic N) is 2. The maximum absolute atomic E-state index is 13.3. The number of carbonyl (C=O) groups excluding carboxylic acids is 2. The van der Waals surface area contributed by atoms with E-state index in [4.69, 9.17) is 14.0 Å². The number of ether oxygens (including phenoxy) is 1.